The number of aryl methyl sites for hydroxylation is 1. The predicted molar refractivity (Wildman–Crippen MR) is 104 cm³/mol. The molecule has 0 heterocycles. The molecule has 0 aromatic heterocycles. The molecule has 0 unspecified atom stereocenters. The molecule has 0 aliphatic rings. The summed E-state index contributed by atoms with van der Waals surface area (Å²) < 4.78 is 11.2. The number of hydrogen-bond donors (Lipinski definition) is 2. The van der Waals surface area contributed by atoms with E-state index in [4.69, 9.17) is 9.47 Å². The smallest absolute Gasteiger partial charge is 0.262 e. The molecule has 0 aliphatic carbocycles. The molecule has 0 radical (unpaired) electrons. The number of carbonyl (C=O) groups excluding carboxylic acids is 2. The van der Waals surface area contributed by atoms with Gasteiger partial charge in [-0.1, -0.05) is 17.7 Å². The molecular formula is C20H23N3O4. The highest BCUT2D eigenvalue weighted by Gasteiger charge is 2.09. The Morgan fingerprint density at radius 3 is 2.48 bits per heavy atom. The van der Waals surface area contributed by atoms with Crippen molar-refractivity contribution in [3.05, 3.63) is 53.6 Å². The molecule has 0 bridgehead atoms. The molecular weight excluding hydrogens is 346 g/mol. The van der Waals surface area contributed by atoms with Crippen LogP contribution < -0.4 is 20.2 Å². The molecule has 7 heteroatoms. The van der Waals surface area contributed by atoms with Gasteiger partial charge in [-0.25, -0.2) is 5.43 Å². The molecule has 2 rings (SSSR count). The monoisotopic (exact) mass is 369 g/mol. The van der Waals surface area contributed by atoms with Gasteiger partial charge in [-0.2, -0.15) is 5.10 Å². The van der Waals surface area contributed by atoms with Crippen molar-refractivity contribution < 1.29 is 19.1 Å². The van der Waals surface area contributed by atoms with Crippen molar-refractivity contribution >= 4 is 23.7 Å². The highest BCUT2D eigenvalue weighted by molar-refractivity contribution is 5.92. The maximum atomic E-state index is 12.1. The number of carbonyl (C=O) groups is 2. The Balaban J connectivity index is 1.99. The third-order valence-electron chi connectivity index (χ3n) is 3.40. The molecule has 27 heavy (non-hydrogen) atoms. The third kappa shape index (κ3) is 6.81. The average molecular weight is 369 g/mol. The quantitative estimate of drug-likeness (QED) is 0.553. The number of benzene rings is 2. The summed E-state index contributed by atoms with van der Waals surface area (Å²) in [6.45, 7) is 5.51. The number of ether oxygens (including phenoxy) is 2. The van der Waals surface area contributed by atoms with Gasteiger partial charge in [0.15, 0.2) is 18.1 Å². The van der Waals surface area contributed by atoms with Crippen molar-refractivity contribution in [2.45, 2.75) is 20.8 Å². The van der Waals surface area contributed by atoms with Gasteiger partial charge in [-0.3, -0.25) is 9.59 Å². The van der Waals surface area contributed by atoms with Crippen molar-refractivity contribution in [2.75, 3.05) is 18.5 Å². The topological polar surface area (TPSA) is 89.0 Å². The summed E-state index contributed by atoms with van der Waals surface area (Å²) >= 11 is 0. The fraction of sp³-hybridized carbons (Fsp3) is 0.250. The van der Waals surface area contributed by atoms with E-state index in [1.54, 1.807) is 18.2 Å². The van der Waals surface area contributed by atoms with Crippen molar-refractivity contribution in [1.82, 2.24) is 5.43 Å². The zero-order chi connectivity index (χ0) is 19.6. The fourth-order valence-corrected chi connectivity index (χ4v) is 2.17. The van der Waals surface area contributed by atoms with Crippen LogP contribution in [0.2, 0.25) is 0 Å². The lowest BCUT2D eigenvalue weighted by atomic mass is 10.2. The zero-order valence-electron chi connectivity index (χ0n) is 15.6. The Hall–Kier alpha value is -3.35. The largest absolute Gasteiger partial charge is 0.490 e. The third-order valence-corrected chi connectivity index (χ3v) is 3.40. The molecule has 0 saturated carbocycles. The SMILES string of the molecule is CCOc1cc(/C=N\NC(C)=O)ccc1OCC(=O)Nc1ccc(C)cc1. The maximum absolute atomic E-state index is 12.1. The van der Waals surface area contributed by atoms with Crippen molar-refractivity contribution in [3.8, 4) is 11.5 Å². The lowest BCUT2D eigenvalue weighted by Crippen LogP contribution is -2.20. The number of nitrogens with zero attached hydrogens (tertiary/aromatic N) is 1. The summed E-state index contributed by atoms with van der Waals surface area (Å²) in [5, 5.41) is 6.59. The Bertz CT molecular complexity index is 816. The van der Waals surface area contributed by atoms with E-state index in [0.29, 0.717) is 23.8 Å². The standard InChI is InChI=1S/C20H23N3O4/c1-4-26-19-11-16(12-21-23-15(3)24)7-10-18(19)27-13-20(25)22-17-8-5-14(2)6-9-17/h5-12H,4,13H2,1-3H3,(H,22,25)(H,23,24)/b21-12-. The normalized spacial score (nSPS) is 10.5. The predicted octanol–water partition coefficient (Wildman–Crippen LogP) is 2.88. The van der Waals surface area contributed by atoms with Crippen LogP contribution in [0.1, 0.15) is 25.0 Å². The summed E-state index contributed by atoms with van der Waals surface area (Å²) in [5.74, 6) is 0.424. The molecule has 2 amide bonds. The van der Waals surface area contributed by atoms with Gasteiger partial charge >= 0.3 is 0 Å². The van der Waals surface area contributed by atoms with Crippen molar-refractivity contribution in [2.24, 2.45) is 5.10 Å². The van der Waals surface area contributed by atoms with Crippen molar-refractivity contribution in [3.63, 3.8) is 0 Å². The van der Waals surface area contributed by atoms with Crippen LogP contribution in [0.25, 0.3) is 0 Å². The summed E-state index contributed by atoms with van der Waals surface area (Å²) in [5.41, 5.74) is 4.89. The fourth-order valence-electron chi connectivity index (χ4n) is 2.17. The van der Waals surface area contributed by atoms with Gasteiger partial charge in [0.25, 0.3) is 5.91 Å². The van der Waals surface area contributed by atoms with Crippen molar-refractivity contribution in [1.29, 1.82) is 0 Å². The second-order valence-electron chi connectivity index (χ2n) is 5.77. The van der Waals surface area contributed by atoms with E-state index in [-0.39, 0.29) is 18.4 Å². The van der Waals surface area contributed by atoms with E-state index in [0.717, 1.165) is 11.1 Å². The van der Waals surface area contributed by atoms with Crippen LogP contribution in [0.5, 0.6) is 11.5 Å². The first kappa shape index (κ1) is 20.0. The number of rotatable bonds is 8. The van der Waals surface area contributed by atoms with E-state index < -0.39 is 0 Å². The molecule has 2 aromatic carbocycles. The van der Waals surface area contributed by atoms with Crippen LogP contribution in [0, 0.1) is 6.92 Å². The first-order valence-electron chi connectivity index (χ1n) is 8.53. The second kappa shape index (κ2) is 9.96. The number of amides is 2. The van der Waals surface area contributed by atoms with Gasteiger partial charge in [0.05, 0.1) is 12.8 Å². The summed E-state index contributed by atoms with van der Waals surface area (Å²) in [6, 6.07) is 12.7. The number of hydrogen-bond acceptors (Lipinski definition) is 5. The Labute approximate surface area is 158 Å². The van der Waals surface area contributed by atoms with Crippen LogP contribution in [-0.4, -0.2) is 31.2 Å². The van der Waals surface area contributed by atoms with Crippen LogP contribution in [0.4, 0.5) is 5.69 Å². The van der Waals surface area contributed by atoms with E-state index in [2.05, 4.69) is 15.8 Å². The van der Waals surface area contributed by atoms with Crippen LogP contribution in [-0.2, 0) is 9.59 Å². The number of anilines is 1. The molecule has 0 aliphatic heterocycles. The van der Waals surface area contributed by atoms with Gasteiger partial charge in [-0.05, 0) is 49.7 Å². The minimum atomic E-state index is -0.266. The molecule has 2 aromatic rings. The minimum absolute atomic E-state index is 0.146. The van der Waals surface area contributed by atoms with Gasteiger partial charge in [0.1, 0.15) is 0 Å². The van der Waals surface area contributed by atoms with Crippen LogP contribution >= 0.6 is 0 Å². The molecule has 7 nitrogen and oxygen atoms in total. The van der Waals surface area contributed by atoms with Gasteiger partial charge in [0, 0.05) is 12.6 Å². The number of hydrazone groups is 1. The molecule has 0 atom stereocenters. The Kier molecular flexibility index (Phi) is 7.37. The summed E-state index contributed by atoms with van der Waals surface area (Å²) in [4.78, 5) is 22.9. The molecule has 0 fully saturated rings. The van der Waals surface area contributed by atoms with E-state index >= 15 is 0 Å². The zero-order valence-corrected chi connectivity index (χ0v) is 15.6. The first-order valence-corrected chi connectivity index (χ1v) is 8.53. The summed E-state index contributed by atoms with van der Waals surface area (Å²) in [7, 11) is 0. The number of nitrogens with one attached hydrogen (secondary N) is 2. The highest BCUT2D eigenvalue weighted by atomic mass is 16.5. The summed E-state index contributed by atoms with van der Waals surface area (Å²) in [6.07, 6.45) is 1.50. The highest BCUT2D eigenvalue weighted by Crippen LogP contribution is 2.28. The molecule has 0 saturated heterocycles. The average Bonchev–Trinajstić information content (AvgIpc) is 2.63. The van der Waals surface area contributed by atoms with Crippen LogP contribution in [0.15, 0.2) is 47.6 Å². The minimum Gasteiger partial charge on any atom is -0.490 e. The molecule has 0 spiro atoms. The molecule has 142 valence electrons. The molecule has 2 N–H and O–H groups in total. The Morgan fingerprint density at radius 1 is 1.07 bits per heavy atom. The van der Waals surface area contributed by atoms with E-state index in [9.17, 15) is 9.59 Å². The van der Waals surface area contributed by atoms with E-state index in [1.165, 1.54) is 13.1 Å². The van der Waals surface area contributed by atoms with Gasteiger partial charge in [0.2, 0.25) is 5.91 Å². The van der Waals surface area contributed by atoms with Gasteiger partial charge in [-0.15, -0.1) is 0 Å². The van der Waals surface area contributed by atoms with E-state index in [1.807, 2.05) is 38.1 Å². The van der Waals surface area contributed by atoms with Crippen LogP contribution in [0.3, 0.4) is 0 Å². The Morgan fingerprint density at radius 2 is 1.81 bits per heavy atom. The lowest BCUT2D eigenvalue weighted by molar-refractivity contribution is -0.119. The van der Waals surface area contributed by atoms with Gasteiger partial charge < -0.3 is 14.8 Å². The first-order chi connectivity index (χ1) is 13.0. The maximum Gasteiger partial charge on any atom is 0.262 e. The second-order valence-corrected chi connectivity index (χ2v) is 5.77. The lowest BCUT2D eigenvalue weighted by Gasteiger charge is -2.12.